The Morgan fingerprint density at radius 2 is 2.04 bits per heavy atom. The molecule has 1 aliphatic heterocycles. The van der Waals surface area contributed by atoms with E-state index >= 15 is 0 Å². The number of aromatic nitrogens is 2. The summed E-state index contributed by atoms with van der Waals surface area (Å²) < 4.78 is 1.33. The second kappa shape index (κ2) is 6.55. The van der Waals surface area contributed by atoms with Gasteiger partial charge >= 0.3 is 6.03 Å². The average Bonchev–Trinajstić information content (AvgIpc) is 2.82. The number of carbonyl (C=O) groups excluding carboxylic acids is 2. The van der Waals surface area contributed by atoms with Gasteiger partial charge in [0.25, 0.3) is 11.9 Å². The van der Waals surface area contributed by atoms with Crippen molar-refractivity contribution < 1.29 is 9.59 Å². The lowest BCUT2D eigenvalue weighted by molar-refractivity contribution is -0.113. The second-order valence-corrected chi connectivity index (χ2v) is 5.70. The molecule has 1 aromatic heterocycles. The smallest absolute Gasteiger partial charge is 0.320 e. The van der Waals surface area contributed by atoms with Crippen molar-refractivity contribution in [3.63, 3.8) is 0 Å². The van der Waals surface area contributed by atoms with Gasteiger partial charge < -0.3 is 5.32 Å². The minimum absolute atomic E-state index is 0.104. The van der Waals surface area contributed by atoms with Gasteiger partial charge in [-0.15, -0.1) is 0 Å². The Bertz CT molecular complexity index is 726. The molecule has 0 aromatic carbocycles. The zero-order chi connectivity index (χ0) is 17.1. The molecule has 0 unspecified atom stereocenters. The van der Waals surface area contributed by atoms with E-state index in [2.05, 4.69) is 32.3 Å². The van der Waals surface area contributed by atoms with E-state index < -0.39 is 5.91 Å². The number of anilines is 1. The van der Waals surface area contributed by atoms with Crippen molar-refractivity contribution >= 4 is 29.4 Å². The lowest BCUT2D eigenvalue weighted by atomic mass is 10.2. The number of aryl methyl sites for hydroxylation is 1. The van der Waals surface area contributed by atoms with Crippen LogP contribution in [-0.4, -0.2) is 39.9 Å². The van der Waals surface area contributed by atoms with Crippen molar-refractivity contribution in [3.05, 3.63) is 23.9 Å². The largest absolute Gasteiger partial charge is 0.338 e. The van der Waals surface area contributed by atoms with Crippen molar-refractivity contribution in [2.45, 2.75) is 27.7 Å². The van der Waals surface area contributed by atoms with Crippen LogP contribution >= 0.6 is 0 Å². The molecule has 122 valence electrons. The summed E-state index contributed by atoms with van der Waals surface area (Å²) in [5.41, 5.74) is 1.39. The van der Waals surface area contributed by atoms with Crippen LogP contribution in [0, 0.1) is 12.8 Å². The third kappa shape index (κ3) is 3.91. The zero-order valence-electron chi connectivity index (χ0n) is 13.7. The SMILES string of the molecule is C=C1C(=O)N=C(n2nc(C)cc2NC(=O)NCC(C)C)N=C1C. The van der Waals surface area contributed by atoms with Crippen LogP contribution in [0.5, 0.6) is 0 Å². The fraction of sp³-hybridized carbons (Fsp3) is 0.400. The lowest BCUT2D eigenvalue weighted by Gasteiger charge is -2.13. The topological polar surface area (TPSA) is 101 Å². The summed E-state index contributed by atoms with van der Waals surface area (Å²) in [5, 5.41) is 9.67. The number of rotatable bonds is 3. The molecule has 2 N–H and O–H groups in total. The van der Waals surface area contributed by atoms with Crippen LogP contribution < -0.4 is 10.6 Å². The Kier molecular flexibility index (Phi) is 4.73. The zero-order valence-corrected chi connectivity index (χ0v) is 13.7. The molecule has 8 heteroatoms. The molecular weight excluding hydrogens is 296 g/mol. The minimum atomic E-state index is -0.462. The van der Waals surface area contributed by atoms with Crippen LogP contribution in [0.3, 0.4) is 0 Å². The fourth-order valence-electron chi connectivity index (χ4n) is 1.85. The van der Waals surface area contributed by atoms with Gasteiger partial charge in [-0.3, -0.25) is 10.1 Å². The molecule has 8 nitrogen and oxygen atoms in total. The minimum Gasteiger partial charge on any atom is -0.338 e. The monoisotopic (exact) mass is 316 g/mol. The molecule has 23 heavy (non-hydrogen) atoms. The highest BCUT2D eigenvalue weighted by Crippen LogP contribution is 2.14. The summed E-state index contributed by atoms with van der Waals surface area (Å²) in [6, 6.07) is 1.32. The van der Waals surface area contributed by atoms with Crippen molar-refractivity contribution in [2.24, 2.45) is 15.9 Å². The summed E-state index contributed by atoms with van der Waals surface area (Å²) in [5.74, 6) is 0.369. The van der Waals surface area contributed by atoms with Crippen LogP contribution in [-0.2, 0) is 4.79 Å². The van der Waals surface area contributed by atoms with Crippen molar-refractivity contribution in [1.29, 1.82) is 0 Å². The van der Waals surface area contributed by atoms with E-state index in [-0.39, 0.29) is 17.6 Å². The van der Waals surface area contributed by atoms with E-state index in [0.29, 0.717) is 29.7 Å². The van der Waals surface area contributed by atoms with Gasteiger partial charge in [0, 0.05) is 12.6 Å². The molecule has 2 heterocycles. The first-order chi connectivity index (χ1) is 10.8. The highest BCUT2D eigenvalue weighted by Gasteiger charge is 2.21. The Hall–Kier alpha value is -2.77. The molecule has 0 saturated heterocycles. The quantitative estimate of drug-likeness (QED) is 0.830. The number of carbonyl (C=O) groups is 2. The molecule has 1 aliphatic rings. The highest BCUT2D eigenvalue weighted by molar-refractivity contribution is 6.27. The number of urea groups is 1. The Morgan fingerprint density at radius 3 is 2.65 bits per heavy atom. The van der Waals surface area contributed by atoms with Crippen LogP contribution in [0.15, 0.2) is 28.2 Å². The van der Waals surface area contributed by atoms with E-state index in [9.17, 15) is 9.59 Å². The summed E-state index contributed by atoms with van der Waals surface area (Å²) >= 11 is 0. The van der Waals surface area contributed by atoms with E-state index in [1.807, 2.05) is 13.8 Å². The van der Waals surface area contributed by atoms with Gasteiger partial charge in [-0.2, -0.15) is 14.8 Å². The molecule has 0 bridgehead atoms. The number of aliphatic imine (C=N–C) groups is 2. The molecule has 0 aliphatic carbocycles. The van der Waals surface area contributed by atoms with E-state index in [4.69, 9.17) is 0 Å². The third-order valence-electron chi connectivity index (χ3n) is 3.10. The summed E-state index contributed by atoms with van der Waals surface area (Å²) in [6.45, 7) is 11.6. The van der Waals surface area contributed by atoms with Gasteiger partial charge in [-0.05, 0) is 19.8 Å². The van der Waals surface area contributed by atoms with Crippen LogP contribution in [0.1, 0.15) is 26.5 Å². The average molecular weight is 316 g/mol. The number of nitrogens with zero attached hydrogens (tertiary/aromatic N) is 4. The predicted octanol–water partition coefficient (Wildman–Crippen LogP) is 1.73. The van der Waals surface area contributed by atoms with E-state index in [0.717, 1.165) is 0 Å². The first-order valence-corrected chi connectivity index (χ1v) is 7.27. The molecule has 0 fully saturated rings. The highest BCUT2D eigenvalue weighted by atomic mass is 16.2. The first-order valence-electron chi connectivity index (χ1n) is 7.27. The van der Waals surface area contributed by atoms with Gasteiger partial charge in [0.2, 0.25) is 0 Å². The maximum Gasteiger partial charge on any atom is 0.320 e. The number of amides is 3. The van der Waals surface area contributed by atoms with Gasteiger partial charge in [0.15, 0.2) is 0 Å². The molecule has 0 atom stereocenters. The second-order valence-electron chi connectivity index (χ2n) is 5.70. The van der Waals surface area contributed by atoms with Crippen LogP contribution in [0.25, 0.3) is 0 Å². The number of nitrogens with one attached hydrogen (secondary N) is 2. The van der Waals surface area contributed by atoms with Gasteiger partial charge in [-0.1, -0.05) is 20.4 Å². The molecular formula is C15H20N6O2. The van der Waals surface area contributed by atoms with Crippen LogP contribution in [0.4, 0.5) is 10.6 Å². The Balaban J connectivity index is 2.25. The maximum absolute atomic E-state index is 11.9. The summed E-state index contributed by atoms with van der Waals surface area (Å²) in [6.07, 6.45) is 0. The molecule has 0 saturated carbocycles. The van der Waals surface area contributed by atoms with Crippen molar-refractivity contribution in [1.82, 2.24) is 15.1 Å². The molecule has 0 radical (unpaired) electrons. The first kappa shape index (κ1) is 16.6. The third-order valence-corrected chi connectivity index (χ3v) is 3.10. The Morgan fingerprint density at radius 1 is 1.35 bits per heavy atom. The van der Waals surface area contributed by atoms with E-state index in [1.165, 1.54) is 4.68 Å². The van der Waals surface area contributed by atoms with Crippen molar-refractivity contribution in [3.8, 4) is 0 Å². The van der Waals surface area contributed by atoms with Crippen molar-refractivity contribution in [2.75, 3.05) is 11.9 Å². The van der Waals surface area contributed by atoms with Gasteiger partial charge in [0.1, 0.15) is 5.82 Å². The summed E-state index contributed by atoms with van der Waals surface area (Å²) in [7, 11) is 0. The predicted molar refractivity (Wildman–Crippen MR) is 88.9 cm³/mol. The van der Waals surface area contributed by atoms with Gasteiger partial charge in [0.05, 0.1) is 17.0 Å². The fourth-order valence-corrected chi connectivity index (χ4v) is 1.85. The molecule has 3 amide bonds. The lowest BCUT2D eigenvalue weighted by Crippen LogP contribution is -2.33. The molecule has 0 spiro atoms. The standard InChI is InChI=1S/C15H20N6O2/c1-8(2)7-16-15(23)18-12-6-9(3)20-21(12)14-17-11(5)10(4)13(22)19-14/h6,8H,4,7H2,1-3,5H3,(H2,16,18,23). The molecule has 2 rings (SSSR count). The Labute approximate surface area is 134 Å². The van der Waals surface area contributed by atoms with Gasteiger partial charge in [-0.25, -0.2) is 9.79 Å². The van der Waals surface area contributed by atoms with Crippen LogP contribution in [0.2, 0.25) is 0 Å². The summed E-state index contributed by atoms with van der Waals surface area (Å²) in [4.78, 5) is 31.8. The van der Waals surface area contributed by atoms with E-state index in [1.54, 1.807) is 19.9 Å². The molecule has 1 aromatic rings. The number of hydrogen-bond donors (Lipinski definition) is 2. The maximum atomic E-state index is 11.9. The number of hydrogen-bond acceptors (Lipinski definition) is 4. The normalized spacial score (nSPS) is 14.7.